The maximum Gasteiger partial charge on any atom is 0.0622 e. The molecule has 0 aliphatic rings. The van der Waals surface area contributed by atoms with Crippen LogP contribution in [0.4, 0.5) is 0 Å². The Morgan fingerprint density at radius 3 is 2.56 bits per heavy atom. The van der Waals surface area contributed by atoms with Gasteiger partial charge in [-0.15, -0.1) is 5.92 Å². The molecule has 0 atom stereocenters. The predicted molar refractivity (Wildman–Crippen MR) is 46.1 cm³/mol. The van der Waals surface area contributed by atoms with Crippen LogP contribution in [0.15, 0.2) is 0 Å². The van der Waals surface area contributed by atoms with Gasteiger partial charge in [0.2, 0.25) is 0 Å². The number of nitrogens with zero attached hydrogens (tertiary/aromatic N) is 1. The summed E-state index contributed by atoms with van der Waals surface area (Å²) in [6.45, 7) is 0. The Morgan fingerprint density at radius 2 is 2.00 bits per heavy atom. The van der Waals surface area contributed by atoms with E-state index in [1.165, 1.54) is 0 Å². The summed E-state index contributed by atoms with van der Waals surface area (Å²) in [6.07, 6.45) is 2.42. The van der Waals surface area contributed by atoms with Crippen molar-refractivity contribution >= 4 is 22.6 Å². The molecule has 0 bridgehead atoms. The minimum absolute atomic E-state index is 0.635. The Labute approximate surface area is 69.6 Å². The Kier molecular flexibility index (Phi) is 7.59. The van der Waals surface area contributed by atoms with Crippen molar-refractivity contribution in [1.82, 2.24) is 0 Å². The zero-order valence-electron chi connectivity index (χ0n) is 5.15. The van der Waals surface area contributed by atoms with Gasteiger partial charge in [-0.05, 0) is 6.42 Å². The highest BCUT2D eigenvalue weighted by atomic mass is 127. The molecular formula is C7H8IN. The van der Waals surface area contributed by atoms with Crippen LogP contribution in [-0.2, 0) is 0 Å². The first-order valence-electron chi connectivity index (χ1n) is 2.80. The second kappa shape index (κ2) is 7.78. The average molecular weight is 233 g/mol. The SMILES string of the molecule is N#CCCCC#CCI. The van der Waals surface area contributed by atoms with Crippen LogP contribution in [0.5, 0.6) is 0 Å². The maximum atomic E-state index is 8.12. The predicted octanol–water partition coefficient (Wildman–Crippen LogP) is 2.12. The summed E-state index contributed by atoms with van der Waals surface area (Å²) in [4.78, 5) is 0. The van der Waals surface area contributed by atoms with E-state index in [1.54, 1.807) is 0 Å². The van der Waals surface area contributed by atoms with Crippen molar-refractivity contribution in [3.8, 4) is 17.9 Å². The Hall–Kier alpha value is -0.220. The number of nitriles is 1. The van der Waals surface area contributed by atoms with Gasteiger partial charge in [-0.1, -0.05) is 28.5 Å². The molecule has 0 fully saturated rings. The molecule has 0 N–H and O–H groups in total. The molecule has 0 aromatic carbocycles. The van der Waals surface area contributed by atoms with Gasteiger partial charge >= 0.3 is 0 Å². The Morgan fingerprint density at radius 1 is 1.22 bits per heavy atom. The van der Waals surface area contributed by atoms with Crippen LogP contribution < -0.4 is 0 Å². The van der Waals surface area contributed by atoms with Crippen LogP contribution >= 0.6 is 22.6 Å². The molecule has 0 amide bonds. The van der Waals surface area contributed by atoms with E-state index in [-0.39, 0.29) is 0 Å². The molecule has 0 spiro atoms. The number of hydrogen-bond acceptors (Lipinski definition) is 1. The Bertz CT molecular complexity index is 147. The lowest BCUT2D eigenvalue weighted by Crippen LogP contribution is -1.68. The van der Waals surface area contributed by atoms with Gasteiger partial charge in [0.1, 0.15) is 0 Å². The van der Waals surface area contributed by atoms with E-state index in [0.717, 1.165) is 17.3 Å². The normalized spacial score (nSPS) is 7.11. The molecule has 0 saturated heterocycles. The lowest BCUT2D eigenvalue weighted by atomic mass is 10.2. The summed E-state index contributed by atoms with van der Waals surface area (Å²) in [7, 11) is 0. The number of unbranched alkanes of at least 4 members (excludes halogenated alkanes) is 2. The third-order valence-corrected chi connectivity index (χ3v) is 1.16. The second-order valence-corrected chi connectivity index (χ2v) is 2.26. The number of hydrogen-bond donors (Lipinski definition) is 0. The largest absolute Gasteiger partial charge is 0.198 e. The monoisotopic (exact) mass is 233 g/mol. The first-order chi connectivity index (χ1) is 4.41. The van der Waals surface area contributed by atoms with E-state index in [4.69, 9.17) is 5.26 Å². The molecule has 0 rings (SSSR count). The first kappa shape index (κ1) is 8.78. The molecule has 0 aromatic rings. The number of halogens is 1. The minimum Gasteiger partial charge on any atom is -0.198 e. The molecule has 0 radical (unpaired) electrons. The Balaban J connectivity index is 3.01. The fourth-order valence-electron chi connectivity index (χ4n) is 0.391. The summed E-state index contributed by atoms with van der Waals surface area (Å²) in [6, 6.07) is 2.07. The molecule has 0 aliphatic heterocycles. The molecule has 0 aromatic heterocycles. The molecule has 0 saturated carbocycles. The third kappa shape index (κ3) is 7.78. The van der Waals surface area contributed by atoms with Gasteiger partial charge in [0.15, 0.2) is 0 Å². The molecular weight excluding hydrogens is 225 g/mol. The zero-order valence-corrected chi connectivity index (χ0v) is 7.31. The van der Waals surface area contributed by atoms with Crippen LogP contribution in [0.3, 0.4) is 0 Å². The van der Waals surface area contributed by atoms with Crippen molar-refractivity contribution in [1.29, 1.82) is 5.26 Å². The molecule has 48 valence electrons. The highest BCUT2D eigenvalue weighted by molar-refractivity contribution is 14.1. The van der Waals surface area contributed by atoms with E-state index < -0.39 is 0 Å². The van der Waals surface area contributed by atoms with Crippen molar-refractivity contribution in [2.24, 2.45) is 0 Å². The van der Waals surface area contributed by atoms with Crippen LogP contribution in [0.25, 0.3) is 0 Å². The smallest absolute Gasteiger partial charge is 0.0622 e. The lowest BCUT2D eigenvalue weighted by Gasteiger charge is -1.79. The van der Waals surface area contributed by atoms with Gasteiger partial charge in [0, 0.05) is 12.8 Å². The fraction of sp³-hybridized carbons (Fsp3) is 0.571. The van der Waals surface area contributed by atoms with E-state index >= 15 is 0 Å². The van der Waals surface area contributed by atoms with Crippen LogP contribution in [0.1, 0.15) is 19.3 Å². The van der Waals surface area contributed by atoms with E-state index in [0.29, 0.717) is 6.42 Å². The topological polar surface area (TPSA) is 23.8 Å². The average Bonchev–Trinajstić information content (AvgIpc) is 1.89. The first-order valence-corrected chi connectivity index (χ1v) is 4.33. The van der Waals surface area contributed by atoms with Crippen molar-refractivity contribution in [2.75, 3.05) is 4.43 Å². The van der Waals surface area contributed by atoms with Crippen molar-refractivity contribution in [3.05, 3.63) is 0 Å². The lowest BCUT2D eigenvalue weighted by molar-refractivity contribution is 0.894. The van der Waals surface area contributed by atoms with E-state index in [9.17, 15) is 0 Å². The molecule has 0 heterocycles. The summed E-state index contributed by atoms with van der Waals surface area (Å²) < 4.78 is 0.893. The second-order valence-electron chi connectivity index (χ2n) is 1.50. The minimum atomic E-state index is 0.635. The van der Waals surface area contributed by atoms with Gasteiger partial charge in [0.25, 0.3) is 0 Å². The summed E-state index contributed by atoms with van der Waals surface area (Å²) >= 11 is 2.21. The zero-order chi connectivity index (χ0) is 6.95. The standard InChI is InChI=1S/C7H8IN/c8-6-4-2-1-3-5-7-9/h1,3,5-6H2. The number of rotatable bonds is 2. The van der Waals surface area contributed by atoms with Gasteiger partial charge in [-0.25, -0.2) is 0 Å². The van der Waals surface area contributed by atoms with Crippen LogP contribution in [0, 0.1) is 23.2 Å². The molecule has 1 nitrogen and oxygen atoms in total. The van der Waals surface area contributed by atoms with E-state index in [1.807, 2.05) is 0 Å². The molecule has 0 aliphatic carbocycles. The van der Waals surface area contributed by atoms with Crippen LogP contribution in [0.2, 0.25) is 0 Å². The van der Waals surface area contributed by atoms with Gasteiger partial charge in [-0.2, -0.15) is 5.26 Å². The summed E-state index contributed by atoms with van der Waals surface area (Å²) in [5.41, 5.74) is 0. The molecule has 9 heavy (non-hydrogen) atoms. The summed E-state index contributed by atoms with van der Waals surface area (Å²) in [5.74, 6) is 5.90. The third-order valence-electron chi connectivity index (χ3n) is 0.782. The highest BCUT2D eigenvalue weighted by Crippen LogP contribution is 1.90. The van der Waals surface area contributed by atoms with Gasteiger partial charge in [0.05, 0.1) is 10.5 Å². The van der Waals surface area contributed by atoms with Crippen molar-refractivity contribution in [3.63, 3.8) is 0 Å². The number of alkyl halides is 1. The van der Waals surface area contributed by atoms with Crippen molar-refractivity contribution in [2.45, 2.75) is 19.3 Å². The van der Waals surface area contributed by atoms with Gasteiger partial charge < -0.3 is 0 Å². The maximum absolute atomic E-state index is 8.12. The van der Waals surface area contributed by atoms with Crippen molar-refractivity contribution < 1.29 is 0 Å². The summed E-state index contributed by atoms with van der Waals surface area (Å²) in [5, 5.41) is 8.12. The molecule has 0 unspecified atom stereocenters. The van der Waals surface area contributed by atoms with Gasteiger partial charge in [-0.3, -0.25) is 0 Å². The fourth-order valence-corrected chi connectivity index (χ4v) is 0.661. The molecule has 2 heteroatoms. The quantitative estimate of drug-likeness (QED) is 0.310. The van der Waals surface area contributed by atoms with E-state index in [2.05, 4.69) is 40.5 Å². The van der Waals surface area contributed by atoms with Crippen LogP contribution in [-0.4, -0.2) is 4.43 Å². The highest BCUT2D eigenvalue weighted by Gasteiger charge is 1.78.